The molecule has 0 radical (unpaired) electrons. The minimum atomic E-state index is 0.643. The molecule has 3 aromatic heterocycles. The van der Waals surface area contributed by atoms with E-state index < -0.39 is 0 Å². The fraction of sp³-hybridized carbons (Fsp3) is 0. The summed E-state index contributed by atoms with van der Waals surface area (Å²) in [6.45, 7) is 0. The van der Waals surface area contributed by atoms with Crippen molar-refractivity contribution >= 4 is 91.2 Å². The van der Waals surface area contributed by atoms with Crippen molar-refractivity contribution in [2.75, 3.05) is 4.90 Å². The van der Waals surface area contributed by atoms with Gasteiger partial charge in [-0.05, 0) is 77.9 Å². The van der Waals surface area contributed by atoms with Gasteiger partial charge >= 0.3 is 0 Å². The maximum Gasteiger partial charge on any atom is 0.227 e. The number of thiophene rings is 2. The smallest absolute Gasteiger partial charge is 0.227 e. The van der Waals surface area contributed by atoms with Gasteiger partial charge in [0, 0.05) is 57.3 Å². The van der Waals surface area contributed by atoms with E-state index in [0.717, 1.165) is 33.7 Å². The van der Waals surface area contributed by atoms with E-state index in [1.807, 2.05) is 41.7 Å². The van der Waals surface area contributed by atoms with Gasteiger partial charge in [0.1, 0.15) is 5.52 Å². The lowest BCUT2D eigenvalue weighted by Crippen LogP contribution is -2.10. The normalized spacial score (nSPS) is 11.8. The second kappa shape index (κ2) is 10.9. The van der Waals surface area contributed by atoms with Crippen LogP contribution < -0.4 is 4.90 Å². The molecule has 0 saturated heterocycles. The zero-order chi connectivity index (χ0) is 31.6. The number of oxazole rings is 1. The van der Waals surface area contributed by atoms with E-state index in [9.17, 15) is 0 Å². The maximum absolute atomic E-state index is 6.36. The number of nitrogens with zero attached hydrogens (tertiary/aromatic N) is 2. The number of rotatable bonds is 5. The van der Waals surface area contributed by atoms with Crippen molar-refractivity contribution in [2.45, 2.75) is 0 Å². The highest BCUT2D eigenvalue weighted by molar-refractivity contribution is 7.26. The average molecular weight is 651 g/mol. The summed E-state index contributed by atoms with van der Waals surface area (Å²) in [7, 11) is 0. The Morgan fingerprint density at radius 3 is 1.94 bits per heavy atom. The van der Waals surface area contributed by atoms with Crippen molar-refractivity contribution < 1.29 is 4.42 Å². The summed E-state index contributed by atoms with van der Waals surface area (Å²) in [6, 6.07) is 56.2. The second-order valence-corrected chi connectivity index (χ2v) is 14.1. The zero-order valence-electron chi connectivity index (χ0n) is 25.6. The molecule has 226 valence electrons. The van der Waals surface area contributed by atoms with Crippen LogP contribution in [-0.2, 0) is 0 Å². The summed E-state index contributed by atoms with van der Waals surface area (Å²) in [6.07, 6.45) is 0. The standard InChI is InChI=1S/C43H26N2OS2/c1-3-10-27(11-4-1)28-18-20-30(21-19-28)45(31-22-23-33-32-14-7-8-16-38(32)47-40(33)24-31)36-15-9-17-39-42(36)34-25-37-35(26-41(34)48-39)44-43(46-37)29-12-5-2-6-13-29/h1-26H. The molecule has 48 heavy (non-hydrogen) atoms. The van der Waals surface area contributed by atoms with E-state index in [-0.39, 0.29) is 0 Å². The molecule has 0 aliphatic heterocycles. The fourth-order valence-corrected chi connectivity index (χ4v) is 9.11. The van der Waals surface area contributed by atoms with Crippen molar-refractivity contribution in [1.29, 1.82) is 0 Å². The van der Waals surface area contributed by atoms with E-state index in [1.165, 1.54) is 51.5 Å². The van der Waals surface area contributed by atoms with Crippen molar-refractivity contribution in [2.24, 2.45) is 0 Å². The zero-order valence-corrected chi connectivity index (χ0v) is 27.3. The fourth-order valence-electron chi connectivity index (χ4n) is 6.83. The largest absolute Gasteiger partial charge is 0.436 e. The van der Waals surface area contributed by atoms with Crippen LogP contribution in [0.3, 0.4) is 0 Å². The summed E-state index contributed by atoms with van der Waals surface area (Å²) in [4.78, 5) is 7.28. The van der Waals surface area contributed by atoms with Gasteiger partial charge in [-0.25, -0.2) is 4.98 Å². The van der Waals surface area contributed by atoms with Crippen LogP contribution in [0.15, 0.2) is 162 Å². The van der Waals surface area contributed by atoms with Crippen LogP contribution in [0.2, 0.25) is 0 Å². The monoisotopic (exact) mass is 650 g/mol. The Hall–Kier alpha value is -5.75. The average Bonchev–Trinajstić information content (AvgIpc) is 3.84. The van der Waals surface area contributed by atoms with Gasteiger partial charge in [-0.2, -0.15) is 0 Å². The van der Waals surface area contributed by atoms with Gasteiger partial charge in [0.15, 0.2) is 5.58 Å². The van der Waals surface area contributed by atoms with E-state index in [4.69, 9.17) is 9.40 Å². The van der Waals surface area contributed by atoms with Gasteiger partial charge in [0.2, 0.25) is 5.89 Å². The molecule has 0 amide bonds. The van der Waals surface area contributed by atoms with E-state index in [2.05, 4.69) is 132 Å². The van der Waals surface area contributed by atoms with Gasteiger partial charge in [-0.15, -0.1) is 22.7 Å². The van der Waals surface area contributed by atoms with Gasteiger partial charge in [-0.3, -0.25) is 0 Å². The Kier molecular flexibility index (Phi) is 6.22. The SMILES string of the molecule is c1ccc(-c2ccc(N(c3ccc4c(c3)sc3ccccc34)c3cccc4sc5cc6nc(-c7ccccc7)oc6cc5c34)cc2)cc1. The molecule has 0 fully saturated rings. The summed E-state index contributed by atoms with van der Waals surface area (Å²) < 4.78 is 11.4. The first-order valence-electron chi connectivity index (χ1n) is 15.9. The third-order valence-corrected chi connectivity index (χ3v) is 11.3. The summed E-state index contributed by atoms with van der Waals surface area (Å²) in [5.74, 6) is 0.643. The maximum atomic E-state index is 6.36. The van der Waals surface area contributed by atoms with Crippen molar-refractivity contribution in [3.05, 3.63) is 158 Å². The highest BCUT2D eigenvalue weighted by Gasteiger charge is 2.21. The molecule has 10 rings (SSSR count). The van der Waals surface area contributed by atoms with E-state index in [0.29, 0.717) is 5.89 Å². The molecular formula is C43H26N2OS2. The third-order valence-electron chi connectivity index (χ3n) is 9.10. The van der Waals surface area contributed by atoms with Gasteiger partial charge in [0.25, 0.3) is 0 Å². The highest BCUT2D eigenvalue weighted by atomic mass is 32.1. The Labute approximate surface area is 284 Å². The molecule has 10 aromatic rings. The molecule has 0 spiro atoms. The van der Waals surface area contributed by atoms with Crippen LogP contribution in [0, 0.1) is 0 Å². The number of hydrogen-bond acceptors (Lipinski definition) is 5. The third kappa shape index (κ3) is 4.43. The number of benzene rings is 7. The Balaban J connectivity index is 1.19. The van der Waals surface area contributed by atoms with Crippen LogP contribution in [0.4, 0.5) is 17.1 Å². The molecule has 0 aliphatic rings. The molecule has 3 nitrogen and oxygen atoms in total. The predicted octanol–water partition coefficient (Wildman–Crippen LogP) is 13.4. The van der Waals surface area contributed by atoms with Crippen LogP contribution in [0.25, 0.3) is 74.0 Å². The van der Waals surface area contributed by atoms with Gasteiger partial charge < -0.3 is 9.32 Å². The molecule has 0 aliphatic carbocycles. The molecule has 0 N–H and O–H groups in total. The minimum absolute atomic E-state index is 0.643. The second-order valence-electron chi connectivity index (χ2n) is 12.0. The van der Waals surface area contributed by atoms with E-state index in [1.54, 1.807) is 11.3 Å². The van der Waals surface area contributed by atoms with Crippen molar-refractivity contribution in [3.8, 4) is 22.6 Å². The number of aromatic nitrogens is 1. The molecule has 0 unspecified atom stereocenters. The lowest BCUT2D eigenvalue weighted by atomic mass is 10.0. The van der Waals surface area contributed by atoms with Crippen LogP contribution in [-0.4, -0.2) is 4.98 Å². The first-order chi connectivity index (χ1) is 23.8. The lowest BCUT2D eigenvalue weighted by Gasteiger charge is -2.27. The minimum Gasteiger partial charge on any atom is -0.436 e. The first-order valence-corrected chi connectivity index (χ1v) is 17.6. The van der Waals surface area contributed by atoms with Gasteiger partial charge in [-0.1, -0.05) is 91.0 Å². The molecular weight excluding hydrogens is 625 g/mol. The number of hydrogen-bond donors (Lipinski definition) is 0. The predicted molar refractivity (Wildman–Crippen MR) is 205 cm³/mol. The Morgan fingerprint density at radius 1 is 0.458 bits per heavy atom. The topological polar surface area (TPSA) is 29.3 Å². The molecule has 3 heterocycles. The van der Waals surface area contributed by atoms with Crippen molar-refractivity contribution in [3.63, 3.8) is 0 Å². The summed E-state index contributed by atoms with van der Waals surface area (Å²) in [5, 5.41) is 4.97. The number of fused-ring (bicyclic) bond motifs is 7. The molecule has 0 bridgehead atoms. The van der Waals surface area contributed by atoms with Crippen LogP contribution in [0.1, 0.15) is 0 Å². The first kappa shape index (κ1) is 27.4. The molecule has 0 saturated carbocycles. The van der Waals surface area contributed by atoms with E-state index >= 15 is 0 Å². The molecule has 7 aromatic carbocycles. The molecule has 0 atom stereocenters. The lowest BCUT2D eigenvalue weighted by molar-refractivity contribution is 0.620. The van der Waals surface area contributed by atoms with Crippen LogP contribution >= 0.6 is 22.7 Å². The Morgan fingerprint density at radius 2 is 1.10 bits per heavy atom. The van der Waals surface area contributed by atoms with Gasteiger partial charge in [0.05, 0.1) is 5.69 Å². The number of anilines is 3. The summed E-state index contributed by atoms with van der Waals surface area (Å²) in [5.41, 5.74) is 8.41. The quantitative estimate of drug-likeness (QED) is 0.186. The van der Waals surface area contributed by atoms with Crippen LogP contribution in [0.5, 0.6) is 0 Å². The van der Waals surface area contributed by atoms with Crippen molar-refractivity contribution in [1.82, 2.24) is 4.98 Å². The summed E-state index contributed by atoms with van der Waals surface area (Å²) >= 11 is 3.65. The highest BCUT2D eigenvalue weighted by Crippen LogP contribution is 2.47. The Bertz CT molecular complexity index is 2780. The molecule has 5 heteroatoms.